The maximum absolute atomic E-state index is 14.8. The Morgan fingerprint density at radius 3 is 1.88 bits per heavy atom. The summed E-state index contributed by atoms with van der Waals surface area (Å²) in [5.41, 5.74) is -0.739. The van der Waals surface area contributed by atoms with Crippen LogP contribution in [0, 0.1) is 11.8 Å². The van der Waals surface area contributed by atoms with Crippen LogP contribution in [0.4, 0.5) is 13.2 Å². The highest BCUT2D eigenvalue weighted by Gasteiger charge is 2.50. The zero-order chi connectivity index (χ0) is 46.8. The smallest absolute Gasteiger partial charge is 0.444 e. The summed E-state index contributed by atoms with van der Waals surface area (Å²) in [5.74, 6) is -6.46. The molecule has 1 aliphatic heterocycles. The summed E-state index contributed by atoms with van der Waals surface area (Å²) in [4.78, 5) is 72.3. The number of hydrogen-bond donors (Lipinski definition) is 2. The molecule has 2 N–H and O–H groups in total. The first-order valence-electron chi connectivity index (χ1n) is 22.7. The summed E-state index contributed by atoms with van der Waals surface area (Å²) in [5, 5.41) is 4.92. The third-order valence-corrected chi connectivity index (χ3v) is 13.4. The van der Waals surface area contributed by atoms with Crippen molar-refractivity contribution in [3.05, 3.63) is 106 Å². The predicted octanol–water partition coefficient (Wildman–Crippen LogP) is 9.47. The van der Waals surface area contributed by atoms with Gasteiger partial charge in [0.1, 0.15) is 17.6 Å². The first kappa shape index (κ1) is 50.1. The van der Waals surface area contributed by atoms with Crippen molar-refractivity contribution in [3.63, 3.8) is 0 Å². The van der Waals surface area contributed by atoms with E-state index in [1.54, 1.807) is 43.0 Å². The average Bonchev–Trinajstić information content (AvgIpc) is 3.84. The summed E-state index contributed by atoms with van der Waals surface area (Å²) < 4.78 is 47.0. The van der Waals surface area contributed by atoms with E-state index in [-0.39, 0.29) is 0 Å². The van der Waals surface area contributed by atoms with Crippen LogP contribution >= 0.6 is 11.6 Å². The summed E-state index contributed by atoms with van der Waals surface area (Å²) in [7, 11) is 1.26. The quantitative estimate of drug-likeness (QED) is 0.116. The topological polar surface area (TPSA) is 125 Å². The van der Waals surface area contributed by atoms with Crippen molar-refractivity contribution in [1.82, 2.24) is 20.4 Å². The highest BCUT2D eigenvalue weighted by molar-refractivity contribution is 6.31. The molecule has 64 heavy (non-hydrogen) atoms. The Morgan fingerprint density at radius 1 is 0.781 bits per heavy atom. The van der Waals surface area contributed by atoms with Crippen LogP contribution in [0.3, 0.4) is 0 Å². The predicted molar refractivity (Wildman–Crippen MR) is 241 cm³/mol. The van der Waals surface area contributed by atoms with E-state index in [1.165, 1.54) is 59.1 Å². The van der Waals surface area contributed by atoms with Gasteiger partial charge in [0.2, 0.25) is 17.7 Å². The van der Waals surface area contributed by atoms with Gasteiger partial charge in [0.05, 0.1) is 6.42 Å². The number of halogens is 4. The monoisotopic (exact) mass is 908 g/mol. The number of alkyl halides is 3. The minimum atomic E-state index is -5.26. The standard InChI is InChI=1S/C50H64ClF3N4O6/c1-33(2)43(57(6)47(63)48(5,34(3)4)56-46(62)50(52,53)54)44(60)55-41(45(61)58-30-18-19-31-58)32-42(59)64-49(37-22-14-11-15-23-37,39-24-16-17-25-40(39)51)38-28-26-36(27-29-38)35-20-12-9-7-8-10-13-21-35/h11,14-17,22-29,33-35,41,43H,7-10,12-13,18-21,30-32H2,1-6H3,(H,55,60)(H,56,62)/t41-,43-,48?,49?/m0/s1. The van der Waals surface area contributed by atoms with E-state index >= 15 is 0 Å². The third-order valence-electron chi connectivity index (χ3n) is 13.1. The van der Waals surface area contributed by atoms with Crippen LogP contribution in [0.2, 0.25) is 5.02 Å². The van der Waals surface area contributed by atoms with E-state index in [0.29, 0.717) is 40.7 Å². The minimum Gasteiger partial charge on any atom is -0.444 e. The van der Waals surface area contributed by atoms with E-state index in [2.05, 4.69) is 17.4 Å². The molecule has 1 heterocycles. The highest BCUT2D eigenvalue weighted by atomic mass is 35.5. The number of amides is 4. The molecule has 3 aromatic carbocycles. The molecule has 0 spiro atoms. The maximum atomic E-state index is 14.8. The van der Waals surface area contributed by atoms with E-state index in [1.807, 2.05) is 47.8 Å². The molecule has 0 bridgehead atoms. The van der Waals surface area contributed by atoms with Gasteiger partial charge in [-0.3, -0.25) is 24.0 Å². The lowest BCUT2D eigenvalue weighted by Crippen LogP contribution is -2.65. The Bertz CT molecular complexity index is 2070. The average molecular weight is 910 g/mol. The molecule has 0 radical (unpaired) electrons. The molecule has 1 saturated heterocycles. The van der Waals surface area contributed by atoms with Gasteiger partial charge in [-0.05, 0) is 62.0 Å². The molecule has 4 amide bonds. The number of esters is 1. The van der Waals surface area contributed by atoms with Crippen molar-refractivity contribution in [1.29, 1.82) is 0 Å². The molecule has 4 atom stereocenters. The lowest BCUT2D eigenvalue weighted by atomic mass is 9.78. The van der Waals surface area contributed by atoms with Crippen LogP contribution in [-0.2, 0) is 34.3 Å². The summed E-state index contributed by atoms with van der Waals surface area (Å²) in [6.07, 6.45) is 5.02. The molecule has 10 nitrogen and oxygen atoms in total. The Balaban J connectivity index is 1.52. The second-order valence-corrected chi connectivity index (χ2v) is 18.6. The van der Waals surface area contributed by atoms with Crippen molar-refractivity contribution >= 4 is 41.2 Å². The van der Waals surface area contributed by atoms with E-state index in [9.17, 15) is 37.1 Å². The van der Waals surface area contributed by atoms with Crippen molar-refractivity contribution in [2.24, 2.45) is 11.8 Å². The van der Waals surface area contributed by atoms with Crippen LogP contribution in [-0.4, -0.2) is 83.3 Å². The van der Waals surface area contributed by atoms with Gasteiger partial charge in [-0.2, -0.15) is 13.2 Å². The molecule has 2 aliphatic rings. The molecule has 2 fully saturated rings. The van der Waals surface area contributed by atoms with Crippen LogP contribution in [0.5, 0.6) is 0 Å². The minimum absolute atomic E-state index is 0.338. The molecule has 348 valence electrons. The second kappa shape index (κ2) is 21.8. The number of nitrogens with one attached hydrogen (secondary N) is 2. The lowest BCUT2D eigenvalue weighted by Gasteiger charge is -2.40. The molecule has 1 aliphatic carbocycles. The summed E-state index contributed by atoms with van der Waals surface area (Å²) in [6, 6.07) is 21.7. The van der Waals surface area contributed by atoms with Gasteiger partial charge in [0, 0.05) is 41.9 Å². The second-order valence-electron chi connectivity index (χ2n) is 18.2. The number of hydrogen-bond acceptors (Lipinski definition) is 6. The van der Waals surface area contributed by atoms with Gasteiger partial charge in [-0.1, -0.05) is 151 Å². The third kappa shape index (κ3) is 11.7. The largest absolute Gasteiger partial charge is 0.471 e. The fraction of sp³-hybridized carbons (Fsp3) is 0.540. The van der Waals surface area contributed by atoms with Crippen LogP contribution in [0.15, 0.2) is 78.9 Å². The number of rotatable bonds is 15. The van der Waals surface area contributed by atoms with Crippen LogP contribution in [0.1, 0.15) is 133 Å². The normalized spacial score (nSPS) is 18.1. The zero-order valence-electron chi connectivity index (χ0n) is 37.9. The Morgan fingerprint density at radius 2 is 1.33 bits per heavy atom. The van der Waals surface area contributed by atoms with Gasteiger partial charge < -0.3 is 25.2 Å². The number of ether oxygens (including phenoxy) is 1. The molecule has 3 aromatic rings. The number of carbonyl (C=O) groups is 5. The molecule has 2 unspecified atom stereocenters. The summed E-state index contributed by atoms with van der Waals surface area (Å²) >= 11 is 7.01. The van der Waals surface area contributed by atoms with Gasteiger partial charge >= 0.3 is 18.1 Å². The van der Waals surface area contributed by atoms with Gasteiger partial charge in [0.15, 0.2) is 5.60 Å². The number of carbonyl (C=O) groups excluding carboxylic acids is 5. The molecule has 5 rings (SSSR count). The van der Waals surface area contributed by atoms with Gasteiger partial charge in [0.25, 0.3) is 0 Å². The Hall–Kier alpha value is -4.91. The van der Waals surface area contributed by atoms with E-state index in [0.717, 1.165) is 43.4 Å². The molecular formula is C50H64ClF3N4O6. The van der Waals surface area contributed by atoms with E-state index < -0.39 is 77.3 Å². The molecule has 1 saturated carbocycles. The van der Waals surface area contributed by atoms with Crippen molar-refractivity contribution in [2.45, 2.75) is 141 Å². The first-order chi connectivity index (χ1) is 30.3. The van der Waals surface area contributed by atoms with Gasteiger partial charge in [-0.25, -0.2) is 0 Å². The lowest BCUT2D eigenvalue weighted by molar-refractivity contribution is -0.177. The number of nitrogens with zero attached hydrogens (tertiary/aromatic N) is 2. The number of likely N-dealkylation sites (N-methyl/N-ethyl adjacent to an activating group) is 1. The first-order valence-corrected chi connectivity index (χ1v) is 23.1. The number of benzene rings is 3. The Labute approximate surface area is 381 Å². The van der Waals surface area contributed by atoms with Crippen LogP contribution < -0.4 is 10.6 Å². The fourth-order valence-electron chi connectivity index (χ4n) is 9.19. The Kier molecular flexibility index (Phi) is 17.1. The van der Waals surface area contributed by atoms with Crippen molar-refractivity contribution in [3.8, 4) is 0 Å². The van der Waals surface area contributed by atoms with Crippen LogP contribution in [0.25, 0.3) is 0 Å². The van der Waals surface area contributed by atoms with Crippen molar-refractivity contribution < 1.29 is 41.9 Å². The zero-order valence-corrected chi connectivity index (χ0v) is 38.7. The SMILES string of the molecule is CC(C)[C@@H](C(=O)N[C@@H](CC(=O)OC(c1ccccc1)(c1ccc(C2CCCCCCCC2)cc1)c1ccccc1Cl)C(=O)N1CCCC1)N(C)C(=O)C(C)(NC(=O)C(F)(F)F)C(C)C. The maximum Gasteiger partial charge on any atom is 0.471 e. The molecule has 0 aromatic heterocycles. The highest BCUT2D eigenvalue weighted by Crippen LogP contribution is 2.44. The van der Waals surface area contributed by atoms with Gasteiger partial charge in [-0.15, -0.1) is 0 Å². The summed E-state index contributed by atoms with van der Waals surface area (Å²) in [6.45, 7) is 8.23. The fourth-order valence-corrected chi connectivity index (χ4v) is 9.46. The van der Waals surface area contributed by atoms with Crippen molar-refractivity contribution in [2.75, 3.05) is 20.1 Å². The molecule has 14 heteroatoms. The van der Waals surface area contributed by atoms with E-state index in [4.69, 9.17) is 16.3 Å². The number of likely N-dealkylation sites (tertiary alicyclic amines) is 1. The molecular weight excluding hydrogens is 845 g/mol.